The van der Waals surface area contributed by atoms with E-state index in [0.717, 1.165) is 0 Å². The van der Waals surface area contributed by atoms with Crippen LogP contribution in [0.3, 0.4) is 0 Å². The molecule has 9 heteroatoms. The molecule has 0 aliphatic rings. The molecule has 2 radical (unpaired) electrons. The summed E-state index contributed by atoms with van der Waals surface area (Å²) in [5.74, 6) is 0. The third kappa shape index (κ3) is 127. The largest absolute Gasteiger partial charge is 5.00 e. The first-order valence-corrected chi connectivity index (χ1v) is 4.56. The molecule has 0 saturated heterocycles. The van der Waals surface area contributed by atoms with Crippen molar-refractivity contribution in [3.63, 3.8) is 0 Å². The van der Waals surface area contributed by atoms with E-state index < -0.39 is 0 Å². The van der Waals surface area contributed by atoms with E-state index in [1.807, 2.05) is 60.7 Å². The second-order valence-electron chi connectivity index (χ2n) is 1.92. The zero-order valence-electron chi connectivity index (χ0n) is 12.7. The van der Waals surface area contributed by atoms with Crippen LogP contribution in [0, 0.1) is 39.9 Å². The van der Waals surface area contributed by atoms with Gasteiger partial charge in [-0.05, 0) is 0 Å². The fourth-order valence-corrected chi connectivity index (χ4v) is 0.642. The fraction of sp³-hybridized carbons (Fsp3) is 0. The van der Waals surface area contributed by atoms with Crippen molar-refractivity contribution < 1.29 is 82.1 Å². The molecule has 2 aromatic rings. The summed E-state index contributed by atoms with van der Waals surface area (Å²) in [4.78, 5) is 0. The quantitative estimate of drug-likeness (QED) is 0.321. The maximum absolute atomic E-state index is 7.50. The molecule has 2 aromatic carbocycles. The molecule has 0 unspecified atom stereocenters. The van der Waals surface area contributed by atoms with E-state index in [2.05, 4.69) is 39.9 Å². The third-order valence-corrected chi connectivity index (χ3v) is 1.11. The first-order valence-electron chi connectivity index (χ1n) is 4.56. The Bertz CT molecular complexity index is 335. The molecule has 25 heavy (non-hydrogen) atoms. The summed E-state index contributed by atoms with van der Waals surface area (Å²) in [6.07, 6.45) is 0. The van der Waals surface area contributed by atoms with E-state index in [1.165, 1.54) is 0 Å². The van der Waals surface area contributed by atoms with E-state index in [-0.39, 0.29) is 54.2 Å². The van der Waals surface area contributed by atoms with Gasteiger partial charge in [0.1, 0.15) is 0 Å². The van der Waals surface area contributed by atoms with Crippen molar-refractivity contribution in [2.75, 3.05) is 0 Å². The molecule has 116 valence electrons. The Morgan fingerprint density at radius 1 is 0.400 bits per heavy atom. The van der Waals surface area contributed by atoms with Crippen LogP contribution in [0.25, 0.3) is 0 Å². The van der Waals surface area contributed by atoms with Crippen molar-refractivity contribution in [2.45, 2.75) is 0 Å². The van der Waals surface area contributed by atoms with Crippen molar-refractivity contribution in [3.05, 3.63) is 101 Å². The average molecular weight is 468 g/mol. The van der Waals surface area contributed by atoms with Gasteiger partial charge >= 0.3 is 103 Å². The fourth-order valence-electron chi connectivity index (χ4n) is 0.642. The van der Waals surface area contributed by atoms with E-state index >= 15 is 0 Å². The minimum absolute atomic E-state index is 0. The zero-order chi connectivity index (χ0) is 19.1. The predicted octanol–water partition coefficient (Wildman–Crippen LogP) is 2.58. The topological polar surface area (TPSA) is 119 Å². The minimum atomic E-state index is 0. The molecule has 0 atom stereocenters. The Morgan fingerprint density at radius 2 is 0.520 bits per heavy atom. The molecule has 0 bridgehead atoms. The Kier molecular flexibility index (Phi) is 315. The number of hydrogen-bond acceptors (Lipinski definition) is 0. The summed E-state index contributed by atoms with van der Waals surface area (Å²) in [5.41, 5.74) is 0. The Balaban J connectivity index is -0.0000000174. The van der Waals surface area contributed by atoms with Crippen LogP contribution in [-0.4, -0.2) is 0 Å². The zero-order valence-corrected chi connectivity index (χ0v) is 18.3. The first kappa shape index (κ1) is 56.5. The normalized spacial score (nSPS) is 3.68. The summed E-state index contributed by atoms with van der Waals surface area (Å²) in [6, 6.07) is 20.0. The van der Waals surface area contributed by atoms with Crippen LogP contribution in [0.5, 0.6) is 0 Å². The molecule has 0 fully saturated rings. The summed E-state index contributed by atoms with van der Waals surface area (Å²) < 4.78 is 45.0. The second kappa shape index (κ2) is 140. The van der Waals surface area contributed by atoms with Crippen LogP contribution in [0.1, 0.15) is 0 Å². The summed E-state index contributed by atoms with van der Waals surface area (Å²) in [5, 5.41) is 0. The molecule has 0 aromatic heterocycles. The molecule has 2 rings (SSSR count). The van der Waals surface area contributed by atoms with Crippen LogP contribution in [0.2, 0.25) is 0 Å². The molecule has 0 heterocycles. The Labute approximate surface area is 182 Å². The van der Waals surface area contributed by atoms with Gasteiger partial charge in [-0.25, -0.2) is 24.3 Å². The van der Waals surface area contributed by atoms with Crippen molar-refractivity contribution in [1.29, 1.82) is 0 Å². The standard InChI is InChI=1S/2C5H5.6CO.2Cr.Zn/c2*1-2-4-5-3-1;6*1-2;;;/h2*1-5H;;;;;;;;;/q2*-1;;;;;;;2*+5;. The van der Waals surface area contributed by atoms with Crippen molar-refractivity contribution >= 4 is 0 Å². The predicted molar refractivity (Wildman–Crippen MR) is 67.6 cm³/mol. The summed E-state index contributed by atoms with van der Waals surface area (Å²) >= 11 is 0. The molecule has 0 aliphatic heterocycles. The van der Waals surface area contributed by atoms with Crippen LogP contribution in [0.15, 0.2) is 60.7 Å². The molecule has 0 saturated carbocycles. The molecule has 0 N–H and O–H groups in total. The van der Waals surface area contributed by atoms with Gasteiger partial charge in [0.15, 0.2) is 0 Å². The molecule has 6 nitrogen and oxygen atoms in total. The van der Waals surface area contributed by atoms with E-state index in [9.17, 15) is 0 Å². The SMILES string of the molecule is [C-]#[O+].[C-]#[O+].[C-]#[O+].[C-]#[O+].[C-]#[O+].[C-]#[O+].[Cr+5].[Cr+5].[Zn].c1cc[cH-]c1.c1cc[cH-]c1. The van der Waals surface area contributed by atoms with Gasteiger partial charge in [0.05, 0.1) is 0 Å². The molecule has 0 aliphatic carbocycles. The third-order valence-electron chi connectivity index (χ3n) is 1.11. The number of rotatable bonds is 0. The maximum atomic E-state index is 7.50. The molecule has 0 spiro atoms. The van der Waals surface area contributed by atoms with Gasteiger partial charge in [-0.1, -0.05) is 0 Å². The van der Waals surface area contributed by atoms with Crippen LogP contribution in [0.4, 0.5) is 0 Å². The van der Waals surface area contributed by atoms with Crippen LogP contribution < -0.4 is 0 Å². The Morgan fingerprint density at radius 3 is 0.560 bits per heavy atom. The van der Waals surface area contributed by atoms with E-state index in [4.69, 9.17) is 27.9 Å². The van der Waals surface area contributed by atoms with E-state index in [1.54, 1.807) is 0 Å². The van der Waals surface area contributed by atoms with Gasteiger partial charge in [0, 0.05) is 19.5 Å². The van der Waals surface area contributed by atoms with Gasteiger partial charge in [-0.3, -0.25) is 0 Å². The van der Waals surface area contributed by atoms with Gasteiger partial charge in [-0.15, -0.1) is 0 Å². The van der Waals surface area contributed by atoms with Crippen LogP contribution in [-0.2, 0) is 82.1 Å². The molecular formula is C16H10Cr2O6Zn+8. The van der Waals surface area contributed by atoms with Gasteiger partial charge < -0.3 is 0 Å². The first-order chi connectivity index (χ1) is 11.0. The van der Waals surface area contributed by atoms with Gasteiger partial charge in [0.2, 0.25) is 0 Å². The summed E-state index contributed by atoms with van der Waals surface area (Å²) in [6.45, 7) is 27.0. The minimum Gasteiger partial charge on any atom is -0.214 e. The molecular weight excluding hydrogens is 458 g/mol. The monoisotopic (exact) mass is 466 g/mol. The summed E-state index contributed by atoms with van der Waals surface area (Å²) in [7, 11) is 0. The van der Waals surface area contributed by atoms with Crippen LogP contribution >= 0.6 is 0 Å². The second-order valence-corrected chi connectivity index (χ2v) is 1.92. The van der Waals surface area contributed by atoms with E-state index in [0.29, 0.717) is 0 Å². The smallest absolute Gasteiger partial charge is 0.214 e. The van der Waals surface area contributed by atoms with Gasteiger partial charge in [-0.2, -0.15) is 36.4 Å². The van der Waals surface area contributed by atoms with Gasteiger partial charge in [0.25, 0.3) is 0 Å². The maximum Gasteiger partial charge on any atom is 5.00 e. The van der Waals surface area contributed by atoms with Crippen molar-refractivity contribution in [3.8, 4) is 0 Å². The number of hydrogen-bond donors (Lipinski definition) is 0. The Hall–Kier alpha value is -1.17. The average Bonchev–Trinajstić information content (AvgIpc) is 3.43. The van der Waals surface area contributed by atoms with Crippen molar-refractivity contribution in [2.24, 2.45) is 0 Å². The molecule has 0 amide bonds. The van der Waals surface area contributed by atoms with Crippen molar-refractivity contribution in [1.82, 2.24) is 0 Å².